The maximum absolute atomic E-state index is 11.7. The summed E-state index contributed by atoms with van der Waals surface area (Å²) in [6, 6.07) is 18.6. The van der Waals surface area contributed by atoms with Crippen molar-refractivity contribution in [1.82, 2.24) is 5.43 Å². The van der Waals surface area contributed by atoms with E-state index in [2.05, 4.69) is 10.5 Å². The minimum atomic E-state index is -0.331. The lowest BCUT2D eigenvalue weighted by molar-refractivity contribution is 0.0526. The van der Waals surface area contributed by atoms with Crippen LogP contribution < -0.4 is 10.2 Å². The zero-order valence-corrected chi connectivity index (χ0v) is 15.8. The van der Waals surface area contributed by atoms with Gasteiger partial charge in [-0.2, -0.15) is 5.10 Å². The number of nitrogens with zero attached hydrogens (tertiary/aromatic N) is 1. The van der Waals surface area contributed by atoms with Gasteiger partial charge in [0.15, 0.2) is 0 Å². The lowest BCUT2D eigenvalue weighted by Crippen LogP contribution is -2.06. The summed E-state index contributed by atoms with van der Waals surface area (Å²) < 4.78 is 16.1. The zero-order valence-electron chi connectivity index (χ0n) is 15.8. The average Bonchev–Trinajstić information content (AvgIpc) is 3.21. The van der Waals surface area contributed by atoms with Crippen LogP contribution in [0.25, 0.3) is 11.3 Å². The molecular weight excluding hydrogens is 356 g/mol. The number of hydrogen-bond donors (Lipinski definition) is 1. The van der Waals surface area contributed by atoms with E-state index in [1.165, 1.54) is 0 Å². The highest BCUT2D eigenvalue weighted by molar-refractivity contribution is 5.90. The molecule has 3 rings (SSSR count). The van der Waals surface area contributed by atoms with Crippen LogP contribution in [0.1, 0.15) is 28.6 Å². The SMILES string of the molecule is CCOC(=O)c1ccc(-c2ccc(/C=N/NCc3ccccc3OC)o2)cc1. The van der Waals surface area contributed by atoms with Gasteiger partial charge in [-0.15, -0.1) is 0 Å². The summed E-state index contributed by atoms with van der Waals surface area (Å²) in [4.78, 5) is 11.7. The standard InChI is InChI=1S/C22H22N2O4/c1-3-27-22(25)17-10-8-16(9-11-17)21-13-12-19(28-21)15-24-23-14-18-6-4-5-7-20(18)26-2/h4-13,15,23H,3,14H2,1-2H3/b24-15+. The van der Waals surface area contributed by atoms with Gasteiger partial charge in [-0.25, -0.2) is 4.79 Å². The Kier molecular flexibility index (Phi) is 6.46. The Morgan fingerprint density at radius 3 is 2.64 bits per heavy atom. The molecule has 0 unspecified atom stereocenters. The maximum Gasteiger partial charge on any atom is 0.338 e. The molecule has 0 spiro atoms. The van der Waals surface area contributed by atoms with E-state index in [0.29, 0.717) is 30.2 Å². The summed E-state index contributed by atoms with van der Waals surface area (Å²) in [5.74, 6) is 1.80. The van der Waals surface area contributed by atoms with Gasteiger partial charge in [-0.3, -0.25) is 0 Å². The third-order valence-electron chi connectivity index (χ3n) is 4.05. The van der Waals surface area contributed by atoms with Crippen LogP contribution in [0.15, 0.2) is 70.2 Å². The van der Waals surface area contributed by atoms with Crippen LogP contribution in [0.2, 0.25) is 0 Å². The van der Waals surface area contributed by atoms with Gasteiger partial charge >= 0.3 is 5.97 Å². The number of rotatable bonds is 8. The molecule has 0 aliphatic rings. The number of para-hydroxylation sites is 1. The fourth-order valence-electron chi connectivity index (χ4n) is 2.65. The van der Waals surface area contributed by atoms with E-state index in [4.69, 9.17) is 13.9 Å². The number of carbonyl (C=O) groups is 1. The molecule has 0 bridgehead atoms. The molecule has 2 aromatic carbocycles. The topological polar surface area (TPSA) is 73.1 Å². The Bertz CT molecular complexity index is 945. The van der Waals surface area contributed by atoms with Crippen molar-refractivity contribution in [1.29, 1.82) is 0 Å². The van der Waals surface area contributed by atoms with E-state index >= 15 is 0 Å². The number of benzene rings is 2. The number of hydrazone groups is 1. The normalized spacial score (nSPS) is 10.8. The summed E-state index contributed by atoms with van der Waals surface area (Å²) in [5.41, 5.74) is 5.38. The van der Waals surface area contributed by atoms with Crippen LogP contribution in [-0.4, -0.2) is 25.9 Å². The van der Waals surface area contributed by atoms with Gasteiger partial charge < -0.3 is 19.3 Å². The quantitative estimate of drug-likeness (QED) is 0.360. The highest BCUT2D eigenvalue weighted by Gasteiger charge is 2.08. The van der Waals surface area contributed by atoms with Crippen LogP contribution in [0, 0.1) is 0 Å². The first kappa shape index (κ1) is 19.2. The van der Waals surface area contributed by atoms with E-state index < -0.39 is 0 Å². The predicted octanol–water partition coefficient (Wildman–Crippen LogP) is 4.26. The molecule has 0 aliphatic carbocycles. The van der Waals surface area contributed by atoms with Gasteiger partial charge in [-0.05, 0) is 37.3 Å². The summed E-state index contributed by atoms with van der Waals surface area (Å²) in [6.45, 7) is 2.68. The van der Waals surface area contributed by atoms with Gasteiger partial charge in [0.05, 0.1) is 32.0 Å². The monoisotopic (exact) mass is 378 g/mol. The van der Waals surface area contributed by atoms with Crippen LogP contribution in [-0.2, 0) is 11.3 Å². The summed E-state index contributed by atoms with van der Waals surface area (Å²) in [6.07, 6.45) is 1.62. The van der Waals surface area contributed by atoms with E-state index in [-0.39, 0.29) is 5.97 Å². The number of esters is 1. The first-order chi connectivity index (χ1) is 13.7. The minimum absolute atomic E-state index is 0.331. The Hall–Kier alpha value is -3.54. The lowest BCUT2D eigenvalue weighted by atomic mass is 10.1. The molecule has 28 heavy (non-hydrogen) atoms. The van der Waals surface area contributed by atoms with Crippen molar-refractivity contribution >= 4 is 12.2 Å². The molecule has 0 atom stereocenters. The molecule has 0 saturated carbocycles. The fraction of sp³-hybridized carbons (Fsp3) is 0.182. The Morgan fingerprint density at radius 2 is 1.89 bits per heavy atom. The second kappa shape index (κ2) is 9.41. The first-order valence-electron chi connectivity index (χ1n) is 8.96. The van der Waals surface area contributed by atoms with Gasteiger partial charge in [0, 0.05) is 11.1 Å². The molecule has 0 saturated heterocycles. The molecule has 1 N–H and O–H groups in total. The summed E-state index contributed by atoms with van der Waals surface area (Å²) >= 11 is 0. The summed E-state index contributed by atoms with van der Waals surface area (Å²) in [5, 5.41) is 4.19. The molecule has 6 nitrogen and oxygen atoms in total. The van der Waals surface area contributed by atoms with E-state index in [1.54, 1.807) is 32.4 Å². The molecule has 0 fully saturated rings. The highest BCUT2D eigenvalue weighted by atomic mass is 16.5. The average molecular weight is 378 g/mol. The molecule has 0 radical (unpaired) electrons. The number of hydrogen-bond acceptors (Lipinski definition) is 6. The smallest absolute Gasteiger partial charge is 0.338 e. The third kappa shape index (κ3) is 4.79. The number of ether oxygens (including phenoxy) is 2. The van der Waals surface area contributed by atoms with Gasteiger partial charge in [-0.1, -0.05) is 30.3 Å². The molecular formula is C22H22N2O4. The van der Waals surface area contributed by atoms with Crippen molar-refractivity contribution in [3.8, 4) is 17.1 Å². The Balaban J connectivity index is 1.59. The maximum atomic E-state index is 11.7. The van der Waals surface area contributed by atoms with Crippen molar-refractivity contribution in [3.63, 3.8) is 0 Å². The van der Waals surface area contributed by atoms with Crippen molar-refractivity contribution < 1.29 is 18.7 Å². The van der Waals surface area contributed by atoms with Crippen LogP contribution >= 0.6 is 0 Å². The molecule has 1 aromatic heterocycles. The van der Waals surface area contributed by atoms with Gasteiger partial charge in [0.2, 0.25) is 0 Å². The zero-order chi connectivity index (χ0) is 19.8. The molecule has 1 heterocycles. The van der Waals surface area contributed by atoms with Crippen molar-refractivity contribution in [2.75, 3.05) is 13.7 Å². The summed E-state index contributed by atoms with van der Waals surface area (Å²) in [7, 11) is 1.64. The Labute approximate surface area is 163 Å². The third-order valence-corrected chi connectivity index (χ3v) is 4.05. The second-order valence-electron chi connectivity index (χ2n) is 5.90. The van der Waals surface area contributed by atoms with E-state index in [0.717, 1.165) is 16.9 Å². The Morgan fingerprint density at radius 1 is 1.11 bits per heavy atom. The lowest BCUT2D eigenvalue weighted by Gasteiger charge is -2.06. The number of methoxy groups -OCH3 is 1. The number of furan rings is 1. The van der Waals surface area contributed by atoms with Gasteiger partial charge in [0.25, 0.3) is 0 Å². The van der Waals surface area contributed by atoms with E-state index in [1.807, 2.05) is 48.5 Å². The molecule has 3 aromatic rings. The minimum Gasteiger partial charge on any atom is -0.496 e. The molecule has 6 heteroatoms. The van der Waals surface area contributed by atoms with Crippen molar-refractivity contribution in [3.05, 3.63) is 77.6 Å². The predicted molar refractivity (Wildman–Crippen MR) is 108 cm³/mol. The van der Waals surface area contributed by atoms with Crippen LogP contribution in [0.3, 0.4) is 0 Å². The van der Waals surface area contributed by atoms with Crippen LogP contribution in [0.5, 0.6) is 5.75 Å². The van der Waals surface area contributed by atoms with Crippen LogP contribution in [0.4, 0.5) is 0 Å². The highest BCUT2D eigenvalue weighted by Crippen LogP contribution is 2.22. The fourth-order valence-corrected chi connectivity index (χ4v) is 2.65. The van der Waals surface area contributed by atoms with E-state index in [9.17, 15) is 4.79 Å². The molecule has 144 valence electrons. The molecule has 0 aliphatic heterocycles. The number of nitrogens with one attached hydrogen (secondary N) is 1. The molecule has 0 amide bonds. The first-order valence-corrected chi connectivity index (χ1v) is 8.96. The largest absolute Gasteiger partial charge is 0.496 e. The number of carbonyl (C=O) groups excluding carboxylic acids is 1. The van der Waals surface area contributed by atoms with Crippen molar-refractivity contribution in [2.24, 2.45) is 5.10 Å². The van der Waals surface area contributed by atoms with Gasteiger partial charge in [0.1, 0.15) is 17.3 Å². The second-order valence-corrected chi connectivity index (χ2v) is 5.90. The van der Waals surface area contributed by atoms with Crippen molar-refractivity contribution in [2.45, 2.75) is 13.5 Å².